The monoisotopic (exact) mass is 385 g/mol. The Morgan fingerprint density at radius 1 is 1.04 bits per heavy atom. The largest absolute Gasteiger partial charge is 0.416 e. The summed E-state index contributed by atoms with van der Waals surface area (Å²) in [5, 5.41) is 0.413. The summed E-state index contributed by atoms with van der Waals surface area (Å²) in [6, 6.07) is 5.31. The van der Waals surface area contributed by atoms with Gasteiger partial charge in [-0.3, -0.25) is 4.98 Å². The van der Waals surface area contributed by atoms with Crippen molar-refractivity contribution in [2.24, 2.45) is 0 Å². The normalized spacial score (nSPS) is 19.9. The number of hydrogen-bond acceptors (Lipinski definition) is 4. The molecule has 1 aliphatic carbocycles. The lowest BCUT2D eigenvalue weighted by atomic mass is 10.1. The molecule has 0 atom stereocenters. The number of anilines is 1. The van der Waals surface area contributed by atoms with Gasteiger partial charge in [-0.05, 0) is 31.0 Å². The fraction of sp³-hybridized carbons (Fsp3) is 0.471. The van der Waals surface area contributed by atoms with Crippen LogP contribution in [-0.2, 0) is 16.2 Å². The third-order valence-corrected chi connectivity index (χ3v) is 7.33. The average Bonchev–Trinajstić information content (AvgIpc) is 3.46. The number of nitrogens with zero attached hydrogens (tertiary/aromatic N) is 3. The van der Waals surface area contributed by atoms with Crippen LogP contribution < -0.4 is 4.90 Å². The van der Waals surface area contributed by atoms with Crippen molar-refractivity contribution in [3.63, 3.8) is 0 Å². The quantitative estimate of drug-likeness (QED) is 0.815. The van der Waals surface area contributed by atoms with Crippen molar-refractivity contribution in [1.29, 1.82) is 0 Å². The van der Waals surface area contributed by atoms with Gasteiger partial charge in [0.1, 0.15) is 0 Å². The molecule has 140 valence electrons. The van der Waals surface area contributed by atoms with E-state index in [-0.39, 0.29) is 10.8 Å². The second kappa shape index (κ2) is 6.09. The highest BCUT2D eigenvalue weighted by atomic mass is 32.2. The number of hydrogen-bond donors (Lipinski definition) is 0. The van der Waals surface area contributed by atoms with E-state index >= 15 is 0 Å². The van der Waals surface area contributed by atoms with E-state index in [1.54, 1.807) is 6.07 Å². The molecule has 1 aliphatic heterocycles. The minimum Gasteiger partial charge on any atom is -0.368 e. The smallest absolute Gasteiger partial charge is 0.368 e. The fourth-order valence-corrected chi connectivity index (χ4v) is 5.17. The third kappa shape index (κ3) is 3.14. The van der Waals surface area contributed by atoms with Crippen LogP contribution in [-0.4, -0.2) is 49.1 Å². The first-order valence-corrected chi connectivity index (χ1v) is 9.97. The average molecular weight is 385 g/mol. The van der Waals surface area contributed by atoms with Gasteiger partial charge in [0.15, 0.2) is 0 Å². The first kappa shape index (κ1) is 17.5. The summed E-state index contributed by atoms with van der Waals surface area (Å²) in [6.07, 6.45) is -1.45. The molecule has 1 saturated heterocycles. The Morgan fingerprint density at radius 2 is 1.73 bits per heavy atom. The maximum absolute atomic E-state index is 12.9. The number of piperazine rings is 1. The van der Waals surface area contributed by atoms with Gasteiger partial charge < -0.3 is 4.90 Å². The topological polar surface area (TPSA) is 53.5 Å². The molecule has 2 fully saturated rings. The van der Waals surface area contributed by atoms with Gasteiger partial charge >= 0.3 is 6.18 Å². The Bertz CT molecular complexity index is 934. The molecule has 0 amide bonds. The zero-order valence-corrected chi connectivity index (χ0v) is 14.7. The van der Waals surface area contributed by atoms with Gasteiger partial charge in [0.05, 0.1) is 16.3 Å². The molecule has 0 N–H and O–H groups in total. The summed E-state index contributed by atoms with van der Waals surface area (Å²) in [5.74, 6) is 0. The molecule has 1 aromatic carbocycles. The summed E-state index contributed by atoms with van der Waals surface area (Å²) < 4.78 is 64.9. The van der Waals surface area contributed by atoms with Crippen molar-refractivity contribution in [1.82, 2.24) is 9.29 Å². The standard InChI is InChI=1S/C17H18F3N3O2S/c18-17(19,20)12-1-4-14-15(11-12)21-6-5-16(14)22-7-9-23(10-8-22)26(24,25)13-2-3-13/h1,4-6,11,13H,2-3,7-10H2. The van der Waals surface area contributed by atoms with Crippen molar-refractivity contribution in [3.8, 4) is 0 Å². The highest BCUT2D eigenvalue weighted by Crippen LogP contribution is 2.35. The fourth-order valence-electron chi connectivity index (χ4n) is 3.35. The SMILES string of the molecule is O=S(=O)(C1CC1)N1CCN(c2ccnc3cc(C(F)(F)F)ccc23)CC1. The summed E-state index contributed by atoms with van der Waals surface area (Å²) in [4.78, 5) is 6.07. The first-order valence-electron chi connectivity index (χ1n) is 8.47. The third-order valence-electron chi connectivity index (χ3n) is 4.93. The molecule has 0 bridgehead atoms. The van der Waals surface area contributed by atoms with Crippen LogP contribution in [0.25, 0.3) is 10.9 Å². The van der Waals surface area contributed by atoms with Gasteiger partial charge in [0, 0.05) is 43.4 Å². The number of benzene rings is 1. The van der Waals surface area contributed by atoms with Crippen molar-refractivity contribution in [2.75, 3.05) is 31.1 Å². The zero-order valence-electron chi connectivity index (χ0n) is 13.9. The van der Waals surface area contributed by atoms with Crippen molar-refractivity contribution in [3.05, 3.63) is 36.0 Å². The van der Waals surface area contributed by atoms with E-state index in [0.29, 0.717) is 31.6 Å². The van der Waals surface area contributed by atoms with Crippen LogP contribution in [0.5, 0.6) is 0 Å². The first-order chi connectivity index (χ1) is 12.3. The predicted octanol–water partition coefficient (Wildman–Crippen LogP) is 2.87. The van der Waals surface area contributed by atoms with Crippen molar-refractivity contribution in [2.45, 2.75) is 24.3 Å². The van der Waals surface area contributed by atoms with Gasteiger partial charge in [-0.1, -0.05) is 6.07 Å². The maximum atomic E-state index is 12.9. The molecule has 2 aliphatic rings. The molecule has 2 aromatic rings. The highest BCUT2D eigenvalue weighted by molar-refractivity contribution is 7.90. The number of alkyl halides is 3. The lowest BCUT2D eigenvalue weighted by molar-refractivity contribution is -0.137. The van der Waals surface area contributed by atoms with Crippen LogP contribution >= 0.6 is 0 Å². The molecule has 4 rings (SSSR count). The molecule has 5 nitrogen and oxygen atoms in total. The maximum Gasteiger partial charge on any atom is 0.416 e. The van der Waals surface area contributed by atoms with Gasteiger partial charge in [-0.15, -0.1) is 0 Å². The second-order valence-corrected chi connectivity index (χ2v) is 8.90. The molecule has 1 saturated carbocycles. The molecular formula is C17H18F3N3O2S. The Morgan fingerprint density at radius 3 is 2.35 bits per heavy atom. The number of halogens is 3. The van der Waals surface area contributed by atoms with E-state index in [9.17, 15) is 21.6 Å². The lowest BCUT2D eigenvalue weighted by Crippen LogP contribution is -2.49. The summed E-state index contributed by atoms with van der Waals surface area (Å²) >= 11 is 0. The summed E-state index contributed by atoms with van der Waals surface area (Å²) in [6.45, 7) is 1.80. The van der Waals surface area contributed by atoms with Gasteiger partial charge in [-0.25, -0.2) is 8.42 Å². The Kier molecular flexibility index (Phi) is 4.11. The molecule has 0 radical (unpaired) electrons. The van der Waals surface area contributed by atoms with E-state index < -0.39 is 21.8 Å². The van der Waals surface area contributed by atoms with Gasteiger partial charge in [0.25, 0.3) is 0 Å². The zero-order chi connectivity index (χ0) is 18.5. The van der Waals surface area contributed by atoms with E-state index in [0.717, 1.165) is 30.7 Å². The molecular weight excluding hydrogens is 367 g/mol. The highest BCUT2D eigenvalue weighted by Gasteiger charge is 2.41. The van der Waals surface area contributed by atoms with Crippen molar-refractivity contribution < 1.29 is 21.6 Å². The molecule has 0 unspecified atom stereocenters. The minimum atomic E-state index is -4.41. The van der Waals surface area contributed by atoms with Crippen molar-refractivity contribution >= 4 is 26.6 Å². The summed E-state index contributed by atoms with van der Waals surface area (Å²) in [5.41, 5.74) is 0.340. The number of fused-ring (bicyclic) bond motifs is 1. The Balaban J connectivity index is 1.58. The number of rotatable bonds is 3. The van der Waals surface area contributed by atoms with E-state index in [1.807, 2.05) is 4.90 Å². The molecule has 1 aromatic heterocycles. The number of aromatic nitrogens is 1. The van der Waals surface area contributed by atoms with Gasteiger partial charge in [0.2, 0.25) is 10.0 Å². The number of pyridine rings is 1. The second-order valence-electron chi connectivity index (χ2n) is 6.69. The van der Waals surface area contributed by atoms with E-state index in [1.165, 1.54) is 16.6 Å². The van der Waals surface area contributed by atoms with E-state index in [2.05, 4.69) is 4.98 Å². The van der Waals surface area contributed by atoms with Crippen LogP contribution in [0.3, 0.4) is 0 Å². The van der Waals surface area contributed by atoms with Crippen LogP contribution in [0.4, 0.5) is 18.9 Å². The van der Waals surface area contributed by atoms with Gasteiger partial charge in [-0.2, -0.15) is 17.5 Å². The van der Waals surface area contributed by atoms with Crippen LogP contribution in [0, 0.1) is 0 Å². The Labute approximate surface area is 149 Å². The Hall–Kier alpha value is -1.87. The van der Waals surface area contributed by atoms with Crippen LogP contribution in [0.2, 0.25) is 0 Å². The minimum absolute atomic E-state index is 0.225. The lowest BCUT2D eigenvalue weighted by Gasteiger charge is -2.36. The molecule has 0 spiro atoms. The molecule has 26 heavy (non-hydrogen) atoms. The predicted molar refractivity (Wildman–Crippen MR) is 92.5 cm³/mol. The molecule has 9 heteroatoms. The van der Waals surface area contributed by atoms with Crippen LogP contribution in [0.15, 0.2) is 30.5 Å². The van der Waals surface area contributed by atoms with E-state index in [4.69, 9.17) is 0 Å². The summed E-state index contributed by atoms with van der Waals surface area (Å²) in [7, 11) is -3.19. The number of sulfonamides is 1. The van der Waals surface area contributed by atoms with Crippen LogP contribution in [0.1, 0.15) is 18.4 Å². The molecule has 2 heterocycles.